The van der Waals surface area contributed by atoms with E-state index in [4.69, 9.17) is 55.9 Å². The third kappa shape index (κ3) is 6.25. The summed E-state index contributed by atoms with van der Waals surface area (Å²) in [5.41, 5.74) is 5.35. The SMILES string of the molecule is COc1cc(/C=N/Nc2nc(-c3ccc(Cl)cc3Cl)cs2)ccc1OC(=O)c1ccc(Cl)c(Cl)c1. The molecule has 0 aliphatic carbocycles. The lowest BCUT2D eigenvalue weighted by molar-refractivity contribution is 0.0729. The number of aromatic nitrogens is 1. The van der Waals surface area contributed by atoms with Crippen molar-refractivity contribution in [3.8, 4) is 22.8 Å². The highest BCUT2D eigenvalue weighted by Gasteiger charge is 2.14. The van der Waals surface area contributed by atoms with Crippen LogP contribution in [-0.2, 0) is 0 Å². The van der Waals surface area contributed by atoms with Gasteiger partial charge in [0, 0.05) is 16.0 Å². The number of carbonyl (C=O) groups excluding carboxylic acids is 1. The van der Waals surface area contributed by atoms with Gasteiger partial charge in [-0.1, -0.05) is 46.4 Å². The first-order chi connectivity index (χ1) is 16.8. The fourth-order valence-corrected chi connectivity index (χ4v) is 4.40. The van der Waals surface area contributed by atoms with Crippen LogP contribution < -0.4 is 14.9 Å². The molecule has 6 nitrogen and oxygen atoms in total. The Balaban J connectivity index is 1.43. The quantitative estimate of drug-likeness (QED) is 0.106. The van der Waals surface area contributed by atoms with E-state index >= 15 is 0 Å². The van der Waals surface area contributed by atoms with E-state index in [2.05, 4.69) is 15.5 Å². The molecule has 0 spiro atoms. The zero-order chi connectivity index (χ0) is 24.9. The highest BCUT2D eigenvalue weighted by molar-refractivity contribution is 7.14. The van der Waals surface area contributed by atoms with Gasteiger partial charge in [-0.2, -0.15) is 5.10 Å². The van der Waals surface area contributed by atoms with E-state index in [1.54, 1.807) is 36.5 Å². The number of methoxy groups -OCH3 is 1. The van der Waals surface area contributed by atoms with Gasteiger partial charge in [-0.15, -0.1) is 11.3 Å². The summed E-state index contributed by atoms with van der Waals surface area (Å²) in [5.74, 6) is 0.0136. The summed E-state index contributed by atoms with van der Waals surface area (Å²) >= 11 is 25.5. The Kier molecular flexibility index (Phi) is 8.15. The summed E-state index contributed by atoms with van der Waals surface area (Å²) in [6, 6.07) is 14.8. The fourth-order valence-electron chi connectivity index (χ4n) is 2.94. The monoisotopic (exact) mass is 565 g/mol. The first-order valence-corrected chi connectivity index (χ1v) is 12.3. The van der Waals surface area contributed by atoms with Gasteiger partial charge in [0.25, 0.3) is 0 Å². The Morgan fingerprint density at radius 3 is 2.54 bits per heavy atom. The Bertz CT molecular complexity index is 1430. The number of benzene rings is 3. The number of ether oxygens (including phenoxy) is 2. The molecular formula is C24H15Cl4N3O3S. The minimum absolute atomic E-state index is 0.248. The lowest BCUT2D eigenvalue weighted by Crippen LogP contribution is -2.09. The standard InChI is InChI=1S/C24H15Cl4N3O3S/c1-33-22-8-13(2-7-21(22)34-23(32)14-3-6-17(26)19(28)9-14)11-29-31-24-30-20(12-35-24)16-5-4-15(25)10-18(16)27/h2-12H,1H3,(H,30,31)/b29-11+. The Morgan fingerprint density at radius 2 is 1.80 bits per heavy atom. The molecule has 4 rings (SSSR count). The van der Waals surface area contributed by atoms with Crippen molar-refractivity contribution in [3.05, 3.63) is 91.2 Å². The molecule has 1 aromatic heterocycles. The largest absolute Gasteiger partial charge is 0.493 e. The molecule has 0 aliphatic heterocycles. The minimum Gasteiger partial charge on any atom is -0.493 e. The molecule has 1 heterocycles. The average molecular weight is 567 g/mol. The number of nitrogens with one attached hydrogen (secondary N) is 1. The molecule has 35 heavy (non-hydrogen) atoms. The molecule has 0 unspecified atom stereocenters. The molecule has 3 aromatic carbocycles. The van der Waals surface area contributed by atoms with Crippen LogP contribution in [0.1, 0.15) is 15.9 Å². The topological polar surface area (TPSA) is 72.8 Å². The summed E-state index contributed by atoms with van der Waals surface area (Å²) < 4.78 is 10.8. The highest BCUT2D eigenvalue weighted by atomic mass is 35.5. The van der Waals surface area contributed by atoms with Crippen LogP contribution in [0.2, 0.25) is 20.1 Å². The van der Waals surface area contributed by atoms with Crippen LogP contribution in [0.25, 0.3) is 11.3 Å². The van der Waals surface area contributed by atoms with Gasteiger partial charge in [-0.05, 0) is 60.2 Å². The second-order valence-electron chi connectivity index (χ2n) is 6.96. The third-order valence-corrected chi connectivity index (χ3v) is 6.66. The molecule has 0 amide bonds. The molecule has 0 bridgehead atoms. The zero-order valence-electron chi connectivity index (χ0n) is 17.9. The summed E-state index contributed by atoms with van der Waals surface area (Å²) in [7, 11) is 1.48. The van der Waals surface area contributed by atoms with Crippen LogP contribution in [0.4, 0.5) is 5.13 Å². The number of rotatable bonds is 7. The second kappa shape index (κ2) is 11.3. The number of nitrogens with zero attached hydrogens (tertiary/aromatic N) is 2. The normalized spacial score (nSPS) is 11.0. The lowest BCUT2D eigenvalue weighted by Gasteiger charge is -2.10. The maximum absolute atomic E-state index is 12.5. The first kappa shape index (κ1) is 25.3. The van der Waals surface area contributed by atoms with Crippen molar-refractivity contribution in [1.82, 2.24) is 4.98 Å². The van der Waals surface area contributed by atoms with Crippen molar-refractivity contribution in [2.24, 2.45) is 5.10 Å². The van der Waals surface area contributed by atoms with Crippen molar-refractivity contribution < 1.29 is 14.3 Å². The van der Waals surface area contributed by atoms with E-state index in [-0.39, 0.29) is 16.3 Å². The van der Waals surface area contributed by atoms with Gasteiger partial charge < -0.3 is 9.47 Å². The molecule has 0 aliphatic rings. The van der Waals surface area contributed by atoms with Crippen LogP contribution in [0, 0.1) is 0 Å². The van der Waals surface area contributed by atoms with E-state index in [9.17, 15) is 4.79 Å². The van der Waals surface area contributed by atoms with Gasteiger partial charge >= 0.3 is 5.97 Å². The third-order valence-electron chi connectivity index (χ3n) is 4.63. The van der Waals surface area contributed by atoms with E-state index in [1.165, 1.54) is 36.6 Å². The van der Waals surface area contributed by atoms with E-state index in [0.717, 1.165) is 5.56 Å². The molecule has 1 N–H and O–H groups in total. The van der Waals surface area contributed by atoms with Gasteiger partial charge in [0.1, 0.15) is 0 Å². The first-order valence-electron chi connectivity index (χ1n) is 9.89. The van der Waals surface area contributed by atoms with Crippen molar-refractivity contribution in [2.45, 2.75) is 0 Å². The van der Waals surface area contributed by atoms with Crippen LogP contribution >= 0.6 is 57.7 Å². The molecule has 178 valence electrons. The molecule has 0 fully saturated rings. The average Bonchev–Trinajstić information content (AvgIpc) is 3.30. The number of halogens is 4. The molecule has 0 atom stereocenters. The van der Waals surface area contributed by atoms with Crippen molar-refractivity contribution in [1.29, 1.82) is 0 Å². The second-order valence-corrected chi connectivity index (χ2v) is 9.48. The molecular weight excluding hydrogens is 552 g/mol. The highest BCUT2D eigenvalue weighted by Crippen LogP contribution is 2.33. The maximum Gasteiger partial charge on any atom is 0.343 e. The predicted octanol–water partition coefficient (Wildman–Crippen LogP) is 8.10. The molecule has 0 saturated heterocycles. The number of thiazole rings is 1. The molecule has 4 aromatic rings. The van der Waals surface area contributed by atoms with E-state index < -0.39 is 5.97 Å². The summed E-state index contributed by atoms with van der Waals surface area (Å²) in [6.45, 7) is 0. The number of hydrazone groups is 1. The fraction of sp³-hybridized carbons (Fsp3) is 0.0417. The Labute approximate surface area is 225 Å². The van der Waals surface area contributed by atoms with Crippen molar-refractivity contribution in [3.63, 3.8) is 0 Å². The van der Waals surface area contributed by atoms with Gasteiger partial charge in [0.15, 0.2) is 11.5 Å². The summed E-state index contributed by atoms with van der Waals surface area (Å²) in [6.07, 6.45) is 1.59. The number of esters is 1. The van der Waals surface area contributed by atoms with Crippen molar-refractivity contribution in [2.75, 3.05) is 12.5 Å². The van der Waals surface area contributed by atoms with Gasteiger partial charge in [-0.25, -0.2) is 9.78 Å². The van der Waals surface area contributed by atoms with Gasteiger partial charge in [-0.3, -0.25) is 5.43 Å². The summed E-state index contributed by atoms with van der Waals surface area (Å²) in [4.78, 5) is 17.0. The lowest BCUT2D eigenvalue weighted by atomic mass is 10.2. The number of hydrogen-bond acceptors (Lipinski definition) is 7. The molecule has 0 saturated carbocycles. The van der Waals surface area contributed by atoms with Gasteiger partial charge in [0.05, 0.1) is 39.6 Å². The minimum atomic E-state index is -0.592. The number of anilines is 1. The number of hydrogen-bond donors (Lipinski definition) is 1. The van der Waals surface area contributed by atoms with Crippen LogP contribution in [0.3, 0.4) is 0 Å². The zero-order valence-corrected chi connectivity index (χ0v) is 21.7. The van der Waals surface area contributed by atoms with Crippen molar-refractivity contribution >= 4 is 75.1 Å². The van der Waals surface area contributed by atoms with E-state index in [1.807, 2.05) is 11.4 Å². The molecule has 11 heteroatoms. The predicted molar refractivity (Wildman–Crippen MR) is 143 cm³/mol. The Hall–Kier alpha value is -2.81. The smallest absolute Gasteiger partial charge is 0.343 e. The van der Waals surface area contributed by atoms with Crippen LogP contribution in [-0.4, -0.2) is 24.3 Å². The Morgan fingerprint density at radius 1 is 0.971 bits per heavy atom. The van der Waals surface area contributed by atoms with Gasteiger partial charge in [0.2, 0.25) is 5.13 Å². The van der Waals surface area contributed by atoms with E-state index in [0.29, 0.717) is 37.2 Å². The number of carbonyl (C=O) groups is 1. The van der Waals surface area contributed by atoms with Crippen LogP contribution in [0.15, 0.2) is 65.1 Å². The van der Waals surface area contributed by atoms with Crippen LogP contribution in [0.5, 0.6) is 11.5 Å². The molecule has 0 radical (unpaired) electrons. The summed E-state index contributed by atoms with van der Waals surface area (Å²) in [5, 5.41) is 8.35. The maximum atomic E-state index is 12.5.